The van der Waals surface area contributed by atoms with Gasteiger partial charge in [-0.05, 0) is 42.7 Å². The van der Waals surface area contributed by atoms with Gasteiger partial charge >= 0.3 is 6.03 Å². The largest absolute Gasteiger partial charge is 0.389 e. The molecular weight excluding hydrogens is 501 g/mol. The summed E-state index contributed by atoms with van der Waals surface area (Å²) in [6.45, 7) is 5.60. The number of nitrogens with one attached hydrogen (secondary N) is 3. The third-order valence-electron chi connectivity index (χ3n) is 5.64. The van der Waals surface area contributed by atoms with E-state index in [0.29, 0.717) is 12.1 Å². The first kappa shape index (κ1) is 28.5. The lowest BCUT2D eigenvalue weighted by atomic mass is 10.0. The third-order valence-corrected chi connectivity index (χ3v) is 6.06. The van der Waals surface area contributed by atoms with Gasteiger partial charge in [0.2, 0.25) is 5.91 Å². The Morgan fingerprint density at radius 2 is 2.00 bits per heavy atom. The summed E-state index contributed by atoms with van der Waals surface area (Å²) in [7, 11) is 0. The van der Waals surface area contributed by atoms with Crippen molar-refractivity contribution in [3.8, 4) is 0 Å². The van der Waals surface area contributed by atoms with Crippen molar-refractivity contribution < 1.29 is 23.9 Å². The van der Waals surface area contributed by atoms with E-state index in [1.165, 1.54) is 29.0 Å². The molecule has 0 radical (unpaired) electrons. The van der Waals surface area contributed by atoms with Crippen molar-refractivity contribution in [3.63, 3.8) is 0 Å². The minimum absolute atomic E-state index is 0.0325. The Labute approximate surface area is 221 Å². The number of carbonyl (C=O) groups is 2. The Kier molecular flexibility index (Phi) is 10.0. The van der Waals surface area contributed by atoms with Crippen LogP contribution in [0.15, 0.2) is 48.7 Å². The molecule has 4 N–H and O–H groups in total. The maximum atomic E-state index is 13.8. The summed E-state index contributed by atoms with van der Waals surface area (Å²) in [5.41, 5.74) is 6.97. The van der Waals surface area contributed by atoms with Gasteiger partial charge in [0.05, 0.1) is 29.8 Å². The van der Waals surface area contributed by atoms with E-state index < -0.39 is 23.5 Å². The predicted octanol–water partition coefficient (Wildman–Crippen LogP) is 3.19. The van der Waals surface area contributed by atoms with Crippen molar-refractivity contribution in [3.05, 3.63) is 76.2 Å². The first-order chi connectivity index (χ1) is 17.5. The molecule has 200 valence electrons. The maximum absolute atomic E-state index is 13.8. The van der Waals surface area contributed by atoms with Gasteiger partial charge in [0.15, 0.2) is 0 Å². The number of hydrogen-bond acceptors (Lipinski definition) is 6. The van der Waals surface area contributed by atoms with Crippen LogP contribution in [0.5, 0.6) is 0 Å². The van der Waals surface area contributed by atoms with Crippen LogP contribution in [0.2, 0.25) is 5.02 Å². The summed E-state index contributed by atoms with van der Waals surface area (Å²) in [5.74, 6) is -0.882. The summed E-state index contributed by atoms with van der Waals surface area (Å²) in [6, 6.07) is 11.2. The van der Waals surface area contributed by atoms with Crippen LogP contribution in [0.25, 0.3) is 6.08 Å². The summed E-state index contributed by atoms with van der Waals surface area (Å²) < 4.78 is 13.8. The molecule has 1 atom stereocenters. The monoisotopic (exact) mass is 533 g/mol. The zero-order valence-corrected chi connectivity index (χ0v) is 21.9. The van der Waals surface area contributed by atoms with Crippen molar-refractivity contribution in [2.75, 3.05) is 19.7 Å². The Hall–Kier alpha value is -3.02. The molecular formula is C26H33ClFN5O4. The Balaban J connectivity index is 1.62. The number of carbonyl (C=O) groups excluding carboxylic acids is 2. The van der Waals surface area contributed by atoms with E-state index in [4.69, 9.17) is 16.4 Å². The molecule has 2 aromatic rings. The molecule has 0 saturated heterocycles. The van der Waals surface area contributed by atoms with Gasteiger partial charge in [-0.25, -0.2) is 20.1 Å². The van der Waals surface area contributed by atoms with Crippen molar-refractivity contribution in [2.24, 2.45) is 0 Å². The first-order valence-electron chi connectivity index (χ1n) is 11.9. The fraction of sp³-hybridized carbons (Fsp3) is 0.385. The molecule has 11 heteroatoms. The number of hydrazine groups is 1. The van der Waals surface area contributed by atoms with Gasteiger partial charge in [-0.1, -0.05) is 48.0 Å². The molecule has 0 spiro atoms. The van der Waals surface area contributed by atoms with Crippen molar-refractivity contribution >= 4 is 29.6 Å². The lowest BCUT2D eigenvalue weighted by Gasteiger charge is -2.32. The molecule has 1 aliphatic rings. The van der Waals surface area contributed by atoms with Gasteiger partial charge in [-0.15, -0.1) is 0 Å². The van der Waals surface area contributed by atoms with Gasteiger partial charge in [0.1, 0.15) is 5.82 Å². The van der Waals surface area contributed by atoms with E-state index in [2.05, 4.69) is 16.2 Å². The Morgan fingerprint density at radius 1 is 1.24 bits per heavy atom. The van der Waals surface area contributed by atoms with Crippen LogP contribution in [-0.4, -0.2) is 58.3 Å². The topological polar surface area (TPSA) is 106 Å². The van der Waals surface area contributed by atoms with Gasteiger partial charge < -0.3 is 10.4 Å². The van der Waals surface area contributed by atoms with E-state index in [0.717, 1.165) is 11.1 Å². The van der Waals surface area contributed by atoms with Crippen LogP contribution in [0.1, 0.15) is 37.5 Å². The smallest absolute Gasteiger partial charge is 0.345 e. The molecule has 37 heavy (non-hydrogen) atoms. The second-order valence-electron chi connectivity index (χ2n) is 9.39. The number of rotatable bonds is 11. The Morgan fingerprint density at radius 3 is 2.73 bits per heavy atom. The summed E-state index contributed by atoms with van der Waals surface area (Å²) >= 11 is 6.05. The Bertz CT molecular complexity index is 1120. The molecule has 9 nitrogen and oxygen atoms in total. The van der Waals surface area contributed by atoms with Gasteiger partial charge in [0, 0.05) is 32.8 Å². The van der Waals surface area contributed by atoms with Crippen LogP contribution in [-0.2, 0) is 22.7 Å². The van der Waals surface area contributed by atoms with Crippen LogP contribution < -0.4 is 16.2 Å². The van der Waals surface area contributed by atoms with Gasteiger partial charge in [0.25, 0.3) is 0 Å². The lowest BCUT2D eigenvalue weighted by Crippen LogP contribution is -2.55. The average molecular weight is 534 g/mol. The molecule has 1 aliphatic heterocycles. The summed E-state index contributed by atoms with van der Waals surface area (Å²) in [5, 5.41) is 14.5. The molecule has 1 heterocycles. The quantitative estimate of drug-likeness (QED) is 0.331. The predicted molar refractivity (Wildman–Crippen MR) is 139 cm³/mol. The maximum Gasteiger partial charge on any atom is 0.345 e. The fourth-order valence-corrected chi connectivity index (χ4v) is 3.96. The molecule has 3 amide bonds. The zero-order chi connectivity index (χ0) is 27.0. The van der Waals surface area contributed by atoms with Gasteiger partial charge in [-0.2, -0.15) is 0 Å². The molecule has 0 fully saturated rings. The number of hydroxylamine groups is 1. The van der Waals surface area contributed by atoms with E-state index in [1.54, 1.807) is 26.1 Å². The van der Waals surface area contributed by atoms with Crippen molar-refractivity contribution in [2.45, 2.75) is 45.5 Å². The van der Waals surface area contributed by atoms with E-state index in [-0.39, 0.29) is 37.2 Å². The van der Waals surface area contributed by atoms with E-state index in [1.807, 2.05) is 30.3 Å². The number of nitrogens with zero attached hydrogens (tertiary/aromatic N) is 2. The van der Waals surface area contributed by atoms with Crippen LogP contribution in [0, 0.1) is 5.82 Å². The molecule has 0 aromatic heterocycles. The number of hydrogen-bond donors (Lipinski definition) is 4. The van der Waals surface area contributed by atoms with Crippen molar-refractivity contribution in [1.82, 2.24) is 26.1 Å². The highest BCUT2D eigenvalue weighted by atomic mass is 35.5. The molecule has 0 bridgehead atoms. The number of halogens is 2. The number of urea groups is 1. The average Bonchev–Trinajstić information content (AvgIpc) is 2.85. The highest BCUT2D eigenvalue weighted by molar-refractivity contribution is 6.31. The molecule has 2 aromatic carbocycles. The van der Waals surface area contributed by atoms with Crippen LogP contribution >= 0.6 is 11.6 Å². The number of aliphatic hydroxyl groups is 1. The SMILES string of the molecule is CC(=O)N(NCc1cccc(F)c1Cl)[C@@H](CNCC(C)(C)O)CONC(=O)N1C=Cc2ccccc2C1. The normalized spacial score (nSPS) is 13.7. The lowest BCUT2D eigenvalue weighted by molar-refractivity contribution is -0.137. The molecule has 3 rings (SSSR count). The standard InChI is InChI=1S/C26H33ClFN5O4/c1-18(34)33(30-13-20-9-6-10-23(28)24(20)27)22(14-29-17-26(2,3)36)16-37-31-25(35)32-12-11-19-7-4-5-8-21(19)15-32/h4-12,22,29-30,36H,13-17H2,1-3H3,(H,31,35)/t22-/m0/s1. The highest BCUT2D eigenvalue weighted by Gasteiger charge is 2.24. The zero-order valence-electron chi connectivity index (χ0n) is 21.1. The summed E-state index contributed by atoms with van der Waals surface area (Å²) in [6.07, 6.45) is 3.52. The minimum atomic E-state index is -0.972. The van der Waals surface area contributed by atoms with Crippen LogP contribution in [0.4, 0.5) is 9.18 Å². The van der Waals surface area contributed by atoms with Gasteiger partial charge in [-0.3, -0.25) is 19.5 Å². The first-order valence-corrected chi connectivity index (χ1v) is 12.3. The number of fused-ring (bicyclic) bond motifs is 1. The second kappa shape index (κ2) is 13.0. The highest BCUT2D eigenvalue weighted by Crippen LogP contribution is 2.20. The van der Waals surface area contributed by atoms with Crippen molar-refractivity contribution in [1.29, 1.82) is 0 Å². The fourth-order valence-electron chi connectivity index (χ4n) is 3.77. The third kappa shape index (κ3) is 8.51. The summed E-state index contributed by atoms with van der Waals surface area (Å²) in [4.78, 5) is 32.2. The minimum Gasteiger partial charge on any atom is -0.389 e. The molecule has 0 unspecified atom stereocenters. The van der Waals surface area contributed by atoms with Crippen LogP contribution in [0.3, 0.4) is 0 Å². The van der Waals surface area contributed by atoms with E-state index in [9.17, 15) is 19.1 Å². The molecule has 0 aliphatic carbocycles. The molecule has 0 saturated carbocycles. The number of amides is 3. The number of benzene rings is 2. The van der Waals surface area contributed by atoms with E-state index >= 15 is 0 Å². The second-order valence-corrected chi connectivity index (χ2v) is 9.77.